The topological polar surface area (TPSA) is 0 Å². The quantitative estimate of drug-likeness (QED) is 0.447. The zero-order valence-electron chi connectivity index (χ0n) is 11.3. The van der Waals surface area contributed by atoms with Crippen LogP contribution in [-0.4, -0.2) is 20.4 Å². The molecule has 96 valence electrons. The Morgan fingerprint density at radius 1 is 0.750 bits per heavy atom. The summed E-state index contributed by atoms with van der Waals surface area (Å²) in [6.45, 7) is 2.10. The molecule has 1 heteroatoms. The molecule has 0 aliphatic heterocycles. The van der Waals surface area contributed by atoms with E-state index in [1.807, 2.05) is 0 Å². The van der Waals surface area contributed by atoms with Crippen molar-refractivity contribution in [2.45, 2.75) is 6.92 Å². The fourth-order valence-corrected chi connectivity index (χ4v) is 4.40. The zero-order chi connectivity index (χ0) is 13.8. The normalized spacial score (nSPS) is 9.85. The summed E-state index contributed by atoms with van der Waals surface area (Å²) in [6, 6.07) is 23.4. The Hall–Kier alpha value is -1.73. The molecule has 0 radical (unpaired) electrons. The van der Waals surface area contributed by atoms with Crippen LogP contribution in [0.25, 0.3) is 9.14 Å². The third-order valence-corrected chi connectivity index (χ3v) is 6.04. The monoisotopic (exact) mass is 372 g/mol. The van der Waals surface area contributed by atoms with Gasteiger partial charge >= 0.3 is 130 Å². The van der Waals surface area contributed by atoms with E-state index in [2.05, 4.69) is 85.5 Å². The Morgan fingerprint density at radius 3 is 2.25 bits per heavy atom. The summed E-state index contributed by atoms with van der Waals surface area (Å²) < 4.78 is 2.79. The van der Waals surface area contributed by atoms with Crippen molar-refractivity contribution in [3.8, 4) is 21.0 Å². The van der Waals surface area contributed by atoms with Crippen LogP contribution in [0.2, 0.25) is 0 Å². The van der Waals surface area contributed by atoms with Crippen LogP contribution >= 0.6 is 0 Å². The molecule has 0 aliphatic carbocycles. The van der Waals surface area contributed by atoms with E-state index in [0.29, 0.717) is 0 Å². The van der Waals surface area contributed by atoms with E-state index < -0.39 is 0 Å². The molecule has 20 heavy (non-hydrogen) atoms. The van der Waals surface area contributed by atoms with E-state index in [1.165, 1.54) is 18.3 Å². The number of rotatable bonds is 1. The van der Waals surface area contributed by atoms with Gasteiger partial charge in [0.05, 0.1) is 0 Å². The van der Waals surface area contributed by atoms with E-state index in [4.69, 9.17) is 0 Å². The van der Waals surface area contributed by atoms with E-state index in [1.54, 1.807) is 0 Å². The predicted molar refractivity (Wildman–Crippen MR) is 86.0 cm³/mol. The molecule has 0 unspecified atom stereocenters. The van der Waals surface area contributed by atoms with Crippen molar-refractivity contribution in [3.63, 3.8) is 0 Å². The second-order valence-corrected chi connectivity index (χ2v) is 7.74. The van der Waals surface area contributed by atoms with Gasteiger partial charge in [-0.1, -0.05) is 0 Å². The first-order valence-electron chi connectivity index (χ1n) is 6.55. The Morgan fingerprint density at radius 2 is 1.50 bits per heavy atom. The van der Waals surface area contributed by atoms with Crippen LogP contribution < -0.4 is 0 Å². The number of hydrogen-bond acceptors (Lipinski definition) is 0. The van der Waals surface area contributed by atoms with Crippen molar-refractivity contribution in [3.05, 3.63) is 81.4 Å². The molecule has 0 saturated carbocycles. The van der Waals surface area contributed by atoms with Crippen molar-refractivity contribution >= 4 is 20.4 Å². The van der Waals surface area contributed by atoms with Crippen molar-refractivity contribution in [2.24, 2.45) is 0 Å². The molecule has 0 aliphatic rings. The van der Waals surface area contributed by atoms with Crippen LogP contribution in [0.15, 0.2) is 66.7 Å². The van der Waals surface area contributed by atoms with Gasteiger partial charge in [-0.2, -0.15) is 0 Å². The molecule has 3 aromatic rings. The molecule has 0 fully saturated rings. The van der Waals surface area contributed by atoms with E-state index in [9.17, 15) is 0 Å². The number of aryl methyl sites for hydroxylation is 1. The van der Waals surface area contributed by atoms with Gasteiger partial charge in [0.15, 0.2) is 0 Å². The van der Waals surface area contributed by atoms with Crippen LogP contribution in [-0.2, 0) is 0 Å². The van der Waals surface area contributed by atoms with Gasteiger partial charge in [0, 0.05) is 0 Å². The minimum atomic E-state index is -0.317. The van der Waals surface area contributed by atoms with Crippen molar-refractivity contribution < 1.29 is 0 Å². The van der Waals surface area contributed by atoms with Crippen LogP contribution in [0.1, 0.15) is 14.7 Å². The Bertz CT molecular complexity index is 753. The Kier molecular flexibility index (Phi) is 4.08. The second kappa shape index (κ2) is 6.15. The van der Waals surface area contributed by atoms with Gasteiger partial charge in [-0.3, -0.25) is 0 Å². The first-order valence-corrected chi connectivity index (χ1v) is 8.88. The van der Waals surface area contributed by atoms with Gasteiger partial charge in [-0.05, 0) is 0 Å². The molecule has 0 saturated heterocycles. The van der Waals surface area contributed by atoms with Crippen molar-refractivity contribution in [1.29, 1.82) is 0 Å². The fourth-order valence-electron chi connectivity index (χ4n) is 1.93. The molecule has 1 aromatic heterocycles. The summed E-state index contributed by atoms with van der Waals surface area (Å²) in [5, 5.41) is 0. The number of hydrogen-bond donors (Lipinski definition) is 0. The standard InChI is InChI=1S/C19H14Te/c1-15-7-9-16(10-8-15)11-12-18-13-14-19(20-18)17-5-3-2-4-6-17/h2-10,13-14H,1H3. The zero-order valence-corrected chi connectivity index (χ0v) is 13.6. The molecular weight excluding hydrogens is 356 g/mol. The van der Waals surface area contributed by atoms with E-state index in [-0.39, 0.29) is 20.4 Å². The first-order chi connectivity index (χ1) is 9.81. The average Bonchev–Trinajstić information content (AvgIpc) is 2.97. The van der Waals surface area contributed by atoms with Gasteiger partial charge in [0.1, 0.15) is 0 Å². The third kappa shape index (κ3) is 3.23. The molecule has 0 spiro atoms. The molecule has 1 heterocycles. The summed E-state index contributed by atoms with van der Waals surface area (Å²) in [5.41, 5.74) is 3.72. The SMILES string of the molecule is Cc1ccc(C#Cc2ccc(-c3ccccc3)[te]2)cc1. The van der Waals surface area contributed by atoms with Crippen LogP contribution in [0.4, 0.5) is 0 Å². The van der Waals surface area contributed by atoms with Gasteiger partial charge in [0.2, 0.25) is 0 Å². The van der Waals surface area contributed by atoms with E-state index in [0.717, 1.165) is 5.56 Å². The molecule has 2 aromatic carbocycles. The molecule has 0 amide bonds. The van der Waals surface area contributed by atoms with Crippen molar-refractivity contribution in [2.75, 3.05) is 0 Å². The molecule has 0 N–H and O–H groups in total. The van der Waals surface area contributed by atoms with Gasteiger partial charge in [0.25, 0.3) is 0 Å². The predicted octanol–water partition coefficient (Wildman–Crippen LogP) is 4.12. The van der Waals surface area contributed by atoms with Gasteiger partial charge in [-0.15, -0.1) is 0 Å². The number of benzene rings is 2. The molecule has 0 nitrogen and oxygen atoms in total. The average molecular weight is 370 g/mol. The summed E-state index contributed by atoms with van der Waals surface area (Å²) in [5.74, 6) is 6.60. The molecule has 0 bridgehead atoms. The first kappa shape index (κ1) is 13.3. The van der Waals surface area contributed by atoms with Crippen LogP contribution in [0.5, 0.6) is 0 Å². The second-order valence-electron chi connectivity index (χ2n) is 4.65. The van der Waals surface area contributed by atoms with Crippen LogP contribution in [0.3, 0.4) is 0 Å². The molecule has 0 atom stereocenters. The van der Waals surface area contributed by atoms with Crippen LogP contribution in [0, 0.1) is 18.8 Å². The Labute approximate surface area is 129 Å². The summed E-state index contributed by atoms with van der Waals surface area (Å²) in [6.07, 6.45) is 0. The van der Waals surface area contributed by atoms with Gasteiger partial charge in [-0.25, -0.2) is 0 Å². The molecule has 3 rings (SSSR count). The minimum absolute atomic E-state index is 0.317. The van der Waals surface area contributed by atoms with Gasteiger partial charge < -0.3 is 0 Å². The maximum atomic E-state index is 3.33. The maximum absolute atomic E-state index is 3.33. The molecular formula is C19H14Te. The fraction of sp³-hybridized carbons (Fsp3) is 0.0526. The third-order valence-electron chi connectivity index (χ3n) is 3.05. The van der Waals surface area contributed by atoms with E-state index >= 15 is 0 Å². The Balaban J connectivity index is 1.83. The summed E-state index contributed by atoms with van der Waals surface area (Å²) in [4.78, 5) is 0. The summed E-state index contributed by atoms with van der Waals surface area (Å²) >= 11 is -0.317. The summed E-state index contributed by atoms with van der Waals surface area (Å²) in [7, 11) is 0. The van der Waals surface area contributed by atoms with Crippen molar-refractivity contribution in [1.82, 2.24) is 0 Å².